The molecule has 1 atom stereocenters. The van der Waals surface area contributed by atoms with Crippen LogP contribution in [0.1, 0.15) is 72.6 Å². The minimum Gasteiger partial charge on any atom is -0.314 e. The molecule has 0 amide bonds. The Balaban J connectivity index is 2.13. The van der Waals surface area contributed by atoms with E-state index in [0.29, 0.717) is 6.04 Å². The van der Waals surface area contributed by atoms with Crippen LogP contribution in [0, 0.1) is 0 Å². The second-order valence-electron chi connectivity index (χ2n) is 6.26. The first-order chi connectivity index (χ1) is 8.65. The van der Waals surface area contributed by atoms with Gasteiger partial charge in [0.15, 0.2) is 0 Å². The Hall–Kier alpha value is -0.0800. The maximum atomic E-state index is 3.61. The van der Waals surface area contributed by atoms with E-state index in [1.54, 1.807) is 0 Å². The highest BCUT2D eigenvalue weighted by Crippen LogP contribution is 2.19. The maximum Gasteiger partial charge on any atom is 0.00701 e. The molecule has 0 heterocycles. The van der Waals surface area contributed by atoms with Crippen LogP contribution in [0.5, 0.6) is 0 Å². The lowest BCUT2D eigenvalue weighted by atomic mass is 10.1. The van der Waals surface area contributed by atoms with E-state index in [9.17, 15) is 0 Å². The Kier molecular flexibility index (Phi) is 7.92. The van der Waals surface area contributed by atoms with E-state index < -0.39 is 0 Å². The summed E-state index contributed by atoms with van der Waals surface area (Å²) in [5.41, 5.74) is 0. The van der Waals surface area contributed by atoms with Crippen molar-refractivity contribution in [3.63, 3.8) is 0 Å². The van der Waals surface area contributed by atoms with Crippen LogP contribution >= 0.6 is 0 Å². The topological polar surface area (TPSA) is 15.3 Å². The van der Waals surface area contributed by atoms with Gasteiger partial charge in [0, 0.05) is 18.1 Å². The molecular weight excluding hydrogens is 220 g/mol. The summed E-state index contributed by atoms with van der Waals surface area (Å²) in [7, 11) is 0. The Labute approximate surface area is 115 Å². The Bertz CT molecular complexity index is 199. The predicted molar refractivity (Wildman–Crippen MR) is 81.1 cm³/mol. The minimum absolute atomic E-state index is 0.688. The molecule has 1 saturated carbocycles. The Morgan fingerprint density at radius 1 is 1.11 bits per heavy atom. The molecule has 1 rings (SSSR count). The largest absolute Gasteiger partial charge is 0.314 e. The zero-order chi connectivity index (χ0) is 13.4. The lowest BCUT2D eigenvalue weighted by Gasteiger charge is -2.33. The third-order valence-electron chi connectivity index (χ3n) is 4.06. The third kappa shape index (κ3) is 6.75. The first-order valence-corrected chi connectivity index (χ1v) is 8.14. The number of hydrogen-bond acceptors (Lipinski definition) is 2. The van der Waals surface area contributed by atoms with E-state index >= 15 is 0 Å². The van der Waals surface area contributed by atoms with Crippen LogP contribution in [0.3, 0.4) is 0 Å². The van der Waals surface area contributed by atoms with Crippen LogP contribution in [0.4, 0.5) is 0 Å². The van der Waals surface area contributed by atoms with E-state index in [1.165, 1.54) is 58.0 Å². The summed E-state index contributed by atoms with van der Waals surface area (Å²) in [6.45, 7) is 11.9. The highest BCUT2D eigenvalue weighted by molar-refractivity contribution is 4.81. The van der Waals surface area contributed by atoms with Crippen molar-refractivity contribution in [1.29, 1.82) is 0 Å². The van der Waals surface area contributed by atoms with Gasteiger partial charge in [0.1, 0.15) is 0 Å². The lowest BCUT2D eigenvalue weighted by molar-refractivity contribution is 0.151. The fourth-order valence-corrected chi connectivity index (χ4v) is 2.69. The quantitative estimate of drug-likeness (QED) is 0.564. The molecule has 2 heteroatoms. The van der Waals surface area contributed by atoms with Gasteiger partial charge in [-0.25, -0.2) is 0 Å². The average molecular weight is 254 g/mol. The van der Waals surface area contributed by atoms with Gasteiger partial charge in [-0.2, -0.15) is 0 Å². The average Bonchev–Trinajstić information content (AvgIpc) is 3.13. The number of rotatable bonds is 11. The van der Waals surface area contributed by atoms with Crippen molar-refractivity contribution in [2.75, 3.05) is 13.1 Å². The van der Waals surface area contributed by atoms with E-state index in [1.807, 2.05) is 0 Å². The summed E-state index contributed by atoms with van der Waals surface area (Å²) >= 11 is 0. The van der Waals surface area contributed by atoms with Gasteiger partial charge in [-0.15, -0.1) is 0 Å². The summed E-state index contributed by atoms with van der Waals surface area (Å²) in [5, 5.41) is 3.61. The number of nitrogens with one attached hydrogen (secondary N) is 1. The van der Waals surface area contributed by atoms with Gasteiger partial charge >= 0.3 is 0 Å². The number of hydrogen-bond donors (Lipinski definition) is 1. The zero-order valence-corrected chi connectivity index (χ0v) is 13.0. The third-order valence-corrected chi connectivity index (χ3v) is 4.06. The minimum atomic E-state index is 0.688. The molecular formula is C16H34N2. The Morgan fingerprint density at radius 2 is 1.83 bits per heavy atom. The molecule has 0 radical (unpaired) electrons. The molecule has 0 aliphatic heterocycles. The number of nitrogens with zero attached hydrogens (tertiary/aromatic N) is 1. The molecule has 1 aliphatic rings. The van der Waals surface area contributed by atoms with Gasteiger partial charge < -0.3 is 5.32 Å². The molecule has 0 saturated heterocycles. The molecule has 1 N–H and O–H groups in total. The monoisotopic (exact) mass is 254 g/mol. The molecule has 0 aromatic rings. The highest BCUT2D eigenvalue weighted by Gasteiger charge is 2.20. The van der Waals surface area contributed by atoms with Gasteiger partial charge in [0.05, 0.1) is 0 Å². The first-order valence-electron chi connectivity index (χ1n) is 8.14. The molecule has 0 bridgehead atoms. The molecule has 1 unspecified atom stereocenters. The van der Waals surface area contributed by atoms with E-state index in [4.69, 9.17) is 0 Å². The van der Waals surface area contributed by atoms with Crippen LogP contribution < -0.4 is 5.32 Å². The lowest BCUT2D eigenvalue weighted by Crippen LogP contribution is -2.39. The maximum absolute atomic E-state index is 3.61. The molecule has 0 aromatic heterocycles. The summed E-state index contributed by atoms with van der Waals surface area (Å²) in [4.78, 5) is 2.69. The van der Waals surface area contributed by atoms with Gasteiger partial charge in [-0.1, -0.05) is 19.8 Å². The summed E-state index contributed by atoms with van der Waals surface area (Å²) in [6, 6.07) is 2.29. The van der Waals surface area contributed by atoms with Crippen LogP contribution in [0.2, 0.25) is 0 Å². The highest BCUT2D eigenvalue weighted by atomic mass is 15.2. The van der Waals surface area contributed by atoms with E-state index in [-0.39, 0.29) is 0 Å². The predicted octanol–water partition coefficient (Wildman–Crippen LogP) is 3.81. The van der Waals surface area contributed by atoms with Crippen molar-refractivity contribution < 1.29 is 0 Å². The van der Waals surface area contributed by atoms with Gasteiger partial charge in [-0.3, -0.25) is 4.90 Å². The molecule has 1 fully saturated rings. The first kappa shape index (κ1) is 16.0. The van der Waals surface area contributed by atoms with Crippen molar-refractivity contribution in [2.45, 2.75) is 90.8 Å². The second-order valence-corrected chi connectivity index (χ2v) is 6.26. The fraction of sp³-hybridized carbons (Fsp3) is 1.00. The number of unbranched alkanes of at least 4 members (excludes halogenated alkanes) is 2. The van der Waals surface area contributed by atoms with Crippen molar-refractivity contribution in [1.82, 2.24) is 10.2 Å². The SMILES string of the molecule is CCCCCN(C(C)C)C(C)CCCNC1CC1. The standard InChI is InChI=1S/C16H34N2/c1-5-6-7-13-18(14(2)3)15(4)9-8-12-17-16-10-11-16/h14-17H,5-13H2,1-4H3. The Morgan fingerprint density at radius 3 is 2.39 bits per heavy atom. The van der Waals surface area contributed by atoms with Gasteiger partial charge in [0.25, 0.3) is 0 Å². The molecule has 0 spiro atoms. The van der Waals surface area contributed by atoms with Crippen molar-refractivity contribution >= 4 is 0 Å². The van der Waals surface area contributed by atoms with Crippen LogP contribution in [-0.4, -0.2) is 36.1 Å². The van der Waals surface area contributed by atoms with E-state index in [2.05, 4.69) is 37.9 Å². The summed E-state index contributed by atoms with van der Waals surface area (Å²) in [5.74, 6) is 0. The normalized spacial score (nSPS) is 17.7. The van der Waals surface area contributed by atoms with Crippen molar-refractivity contribution in [3.8, 4) is 0 Å². The van der Waals surface area contributed by atoms with E-state index in [0.717, 1.165) is 12.1 Å². The molecule has 0 aromatic carbocycles. The second kappa shape index (κ2) is 8.92. The van der Waals surface area contributed by atoms with Crippen molar-refractivity contribution in [3.05, 3.63) is 0 Å². The van der Waals surface area contributed by atoms with Gasteiger partial charge in [-0.05, 0) is 66.0 Å². The van der Waals surface area contributed by atoms with Crippen LogP contribution in [0.25, 0.3) is 0 Å². The summed E-state index contributed by atoms with van der Waals surface area (Å²) in [6.07, 6.45) is 9.54. The molecule has 18 heavy (non-hydrogen) atoms. The fourth-order valence-electron chi connectivity index (χ4n) is 2.69. The van der Waals surface area contributed by atoms with Gasteiger partial charge in [0.2, 0.25) is 0 Å². The van der Waals surface area contributed by atoms with Crippen molar-refractivity contribution in [2.24, 2.45) is 0 Å². The smallest absolute Gasteiger partial charge is 0.00701 e. The molecule has 108 valence electrons. The van der Waals surface area contributed by atoms with Crippen LogP contribution in [-0.2, 0) is 0 Å². The zero-order valence-electron chi connectivity index (χ0n) is 13.0. The van der Waals surface area contributed by atoms with Crippen LogP contribution in [0.15, 0.2) is 0 Å². The molecule has 2 nitrogen and oxygen atoms in total. The molecule has 1 aliphatic carbocycles. The summed E-state index contributed by atoms with van der Waals surface area (Å²) < 4.78 is 0.